The van der Waals surface area contributed by atoms with Gasteiger partial charge in [-0.25, -0.2) is 8.78 Å². The maximum absolute atomic E-state index is 14.0. The van der Waals surface area contributed by atoms with Crippen LogP contribution in [0.25, 0.3) is 11.3 Å². The summed E-state index contributed by atoms with van der Waals surface area (Å²) in [4.78, 5) is 12.6. The SMILES string of the molecule is O=C(NC1COc2cc(F)cc(F)c21)c1cn[nH]c1-c1ccccc1. The highest BCUT2D eigenvalue weighted by molar-refractivity contribution is 6.00. The normalized spacial score (nSPS) is 15.5. The van der Waals surface area contributed by atoms with Crippen molar-refractivity contribution in [2.75, 3.05) is 6.61 Å². The number of hydrogen-bond donors (Lipinski definition) is 2. The first-order valence-electron chi connectivity index (χ1n) is 7.65. The number of halogens is 2. The Hall–Kier alpha value is -3.22. The van der Waals surface area contributed by atoms with Gasteiger partial charge in [0.05, 0.1) is 29.1 Å². The zero-order valence-corrected chi connectivity index (χ0v) is 12.9. The molecular weight excluding hydrogens is 328 g/mol. The van der Waals surface area contributed by atoms with Crippen molar-refractivity contribution < 1.29 is 18.3 Å². The molecule has 2 N–H and O–H groups in total. The van der Waals surface area contributed by atoms with Crippen molar-refractivity contribution in [2.24, 2.45) is 0 Å². The monoisotopic (exact) mass is 341 g/mol. The molecule has 0 aliphatic carbocycles. The number of benzene rings is 2. The fourth-order valence-electron chi connectivity index (χ4n) is 2.91. The number of ether oxygens (including phenoxy) is 1. The van der Waals surface area contributed by atoms with Crippen molar-refractivity contribution in [3.8, 4) is 17.0 Å². The Labute approximate surface area is 141 Å². The van der Waals surface area contributed by atoms with Crippen molar-refractivity contribution in [1.82, 2.24) is 15.5 Å². The first kappa shape index (κ1) is 15.3. The summed E-state index contributed by atoms with van der Waals surface area (Å²) < 4.78 is 32.6. The van der Waals surface area contributed by atoms with Gasteiger partial charge in [0.1, 0.15) is 24.0 Å². The van der Waals surface area contributed by atoms with Gasteiger partial charge in [0.25, 0.3) is 5.91 Å². The number of carbonyl (C=O) groups excluding carboxylic acids is 1. The van der Waals surface area contributed by atoms with Gasteiger partial charge in [0, 0.05) is 17.7 Å². The average Bonchev–Trinajstić information content (AvgIpc) is 3.23. The van der Waals surface area contributed by atoms with E-state index in [4.69, 9.17) is 4.74 Å². The minimum atomic E-state index is -0.742. The number of carbonyl (C=O) groups is 1. The third-order valence-electron chi connectivity index (χ3n) is 4.06. The number of amides is 1. The fraction of sp³-hybridized carbons (Fsp3) is 0.111. The second kappa shape index (κ2) is 6.01. The quantitative estimate of drug-likeness (QED) is 0.769. The van der Waals surface area contributed by atoms with E-state index in [1.54, 1.807) is 0 Å². The number of aromatic nitrogens is 2. The summed E-state index contributed by atoms with van der Waals surface area (Å²) in [6, 6.07) is 10.5. The molecule has 2 heterocycles. The molecule has 3 aromatic rings. The lowest BCUT2D eigenvalue weighted by Crippen LogP contribution is -2.30. The van der Waals surface area contributed by atoms with E-state index >= 15 is 0 Å². The van der Waals surface area contributed by atoms with Crippen LogP contribution in [0.4, 0.5) is 8.78 Å². The summed E-state index contributed by atoms with van der Waals surface area (Å²) in [6.07, 6.45) is 1.41. The van der Waals surface area contributed by atoms with E-state index < -0.39 is 23.6 Å². The number of nitrogens with zero attached hydrogens (tertiary/aromatic N) is 1. The van der Waals surface area contributed by atoms with Gasteiger partial charge in [-0.1, -0.05) is 30.3 Å². The van der Waals surface area contributed by atoms with E-state index in [0.29, 0.717) is 11.3 Å². The second-order valence-corrected chi connectivity index (χ2v) is 5.66. The Bertz CT molecular complexity index is 941. The highest BCUT2D eigenvalue weighted by Gasteiger charge is 2.31. The largest absolute Gasteiger partial charge is 0.490 e. The highest BCUT2D eigenvalue weighted by Crippen LogP contribution is 2.35. The summed E-state index contributed by atoms with van der Waals surface area (Å²) in [5.74, 6) is -1.77. The Morgan fingerprint density at radius 2 is 2.04 bits per heavy atom. The van der Waals surface area contributed by atoms with Gasteiger partial charge in [-0.3, -0.25) is 9.89 Å². The molecule has 0 fully saturated rings. The molecule has 0 spiro atoms. The molecule has 1 aliphatic heterocycles. The van der Waals surface area contributed by atoms with E-state index in [0.717, 1.165) is 17.7 Å². The molecule has 1 unspecified atom stereocenters. The predicted molar refractivity (Wildman–Crippen MR) is 86.1 cm³/mol. The van der Waals surface area contributed by atoms with Crippen LogP contribution in [0.2, 0.25) is 0 Å². The third kappa shape index (κ3) is 2.73. The Kier molecular flexibility index (Phi) is 3.68. The number of hydrogen-bond acceptors (Lipinski definition) is 3. The summed E-state index contributed by atoms with van der Waals surface area (Å²) >= 11 is 0. The molecule has 1 atom stereocenters. The van der Waals surface area contributed by atoms with E-state index in [1.165, 1.54) is 6.20 Å². The number of aromatic amines is 1. The topological polar surface area (TPSA) is 67.0 Å². The van der Waals surface area contributed by atoms with E-state index in [-0.39, 0.29) is 17.9 Å². The van der Waals surface area contributed by atoms with Crippen LogP contribution in [0.1, 0.15) is 22.0 Å². The zero-order valence-electron chi connectivity index (χ0n) is 12.9. The average molecular weight is 341 g/mol. The molecule has 2 aromatic carbocycles. The number of rotatable bonds is 3. The lowest BCUT2D eigenvalue weighted by Gasteiger charge is -2.12. The molecule has 1 aliphatic rings. The molecule has 0 saturated heterocycles. The smallest absolute Gasteiger partial charge is 0.255 e. The Morgan fingerprint density at radius 3 is 2.84 bits per heavy atom. The minimum Gasteiger partial charge on any atom is -0.490 e. The predicted octanol–water partition coefficient (Wildman–Crippen LogP) is 3.22. The molecule has 4 rings (SSSR count). The van der Waals surface area contributed by atoms with Crippen molar-refractivity contribution in [3.05, 3.63) is 71.4 Å². The fourth-order valence-corrected chi connectivity index (χ4v) is 2.91. The summed E-state index contributed by atoms with van der Waals surface area (Å²) in [7, 11) is 0. The van der Waals surface area contributed by atoms with Crippen molar-refractivity contribution in [2.45, 2.75) is 6.04 Å². The summed E-state index contributed by atoms with van der Waals surface area (Å²) in [5.41, 5.74) is 1.86. The molecule has 126 valence electrons. The van der Waals surface area contributed by atoms with Gasteiger partial charge in [-0.15, -0.1) is 0 Å². The van der Waals surface area contributed by atoms with Crippen LogP contribution in [-0.4, -0.2) is 22.7 Å². The molecule has 0 bridgehead atoms. The van der Waals surface area contributed by atoms with Crippen LogP contribution >= 0.6 is 0 Å². The molecule has 5 nitrogen and oxygen atoms in total. The lowest BCUT2D eigenvalue weighted by molar-refractivity contribution is 0.0930. The van der Waals surface area contributed by atoms with Gasteiger partial charge in [0.2, 0.25) is 0 Å². The summed E-state index contributed by atoms with van der Waals surface area (Å²) in [6.45, 7) is 0.0416. The van der Waals surface area contributed by atoms with Gasteiger partial charge < -0.3 is 10.1 Å². The molecule has 0 saturated carbocycles. The van der Waals surface area contributed by atoms with Crippen LogP contribution in [-0.2, 0) is 0 Å². The van der Waals surface area contributed by atoms with Crippen LogP contribution in [0.5, 0.6) is 5.75 Å². The van der Waals surface area contributed by atoms with Crippen molar-refractivity contribution in [1.29, 1.82) is 0 Å². The highest BCUT2D eigenvalue weighted by atomic mass is 19.1. The van der Waals surface area contributed by atoms with Crippen molar-refractivity contribution in [3.63, 3.8) is 0 Å². The van der Waals surface area contributed by atoms with Gasteiger partial charge >= 0.3 is 0 Å². The van der Waals surface area contributed by atoms with Crippen LogP contribution in [0, 0.1) is 11.6 Å². The minimum absolute atomic E-state index is 0.0416. The molecular formula is C18H13F2N3O2. The molecule has 0 radical (unpaired) electrons. The molecule has 1 aromatic heterocycles. The first-order valence-corrected chi connectivity index (χ1v) is 7.65. The van der Waals surface area contributed by atoms with Crippen LogP contribution in [0.15, 0.2) is 48.7 Å². The lowest BCUT2D eigenvalue weighted by atomic mass is 10.1. The zero-order chi connectivity index (χ0) is 17.4. The summed E-state index contributed by atoms with van der Waals surface area (Å²) in [5, 5.41) is 9.45. The maximum atomic E-state index is 14.0. The Balaban J connectivity index is 1.61. The van der Waals surface area contributed by atoms with Crippen LogP contribution in [0.3, 0.4) is 0 Å². The van der Waals surface area contributed by atoms with E-state index in [9.17, 15) is 13.6 Å². The number of nitrogens with one attached hydrogen (secondary N) is 2. The van der Waals surface area contributed by atoms with Crippen LogP contribution < -0.4 is 10.1 Å². The van der Waals surface area contributed by atoms with Gasteiger partial charge in [-0.2, -0.15) is 5.10 Å². The van der Waals surface area contributed by atoms with E-state index in [2.05, 4.69) is 15.5 Å². The second-order valence-electron chi connectivity index (χ2n) is 5.66. The maximum Gasteiger partial charge on any atom is 0.255 e. The molecule has 25 heavy (non-hydrogen) atoms. The van der Waals surface area contributed by atoms with Gasteiger partial charge in [-0.05, 0) is 0 Å². The van der Waals surface area contributed by atoms with Crippen molar-refractivity contribution >= 4 is 5.91 Å². The third-order valence-corrected chi connectivity index (χ3v) is 4.06. The van der Waals surface area contributed by atoms with E-state index in [1.807, 2.05) is 30.3 Å². The Morgan fingerprint density at radius 1 is 1.24 bits per heavy atom. The van der Waals surface area contributed by atoms with Gasteiger partial charge in [0.15, 0.2) is 0 Å². The standard InChI is InChI=1S/C18H13F2N3O2/c19-11-6-13(20)16-14(9-25-15(16)7-11)22-18(24)12-8-21-23-17(12)10-4-2-1-3-5-10/h1-8,14H,9H2,(H,21,23)(H,22,24). The molecule has 1 amide bonds. The number of fused-ring (bicyclic) bond motifs is 1. The molecule has 7 heteroatoms. The first-order chi connectivity index (χ1) is 12.1. The number of H-pyrrole nitrogens is 1.